The van der Waals surface area contributed by atoms with Crippen LogP contribution in [0, 0.1) is 0 Å². The normalized spacial score (nSPS) is 35.4. The van der Waals surface area contributed by atoms with Gasteiger partial charge in [0.1, 0.15) is 0 Å². The molecule has 2 aliphatic carbocycles. The van der Waals surface area contributed by atoms with Crippen molar-refractivity contribution in [3.8, 4) is 0 Å². The van der Waals surface area contributed by atoms with Crippen LogP contribution in [0.1, 0.15) is 42.7 Å². The van der Waals surface area contributed by atoms with Crippen molar-refractivity contribution >= 4 is 0 Å². The fourth-order valence-corrected chi connectivity index (χ4v) is 4.52. The Labute approximate surface area is 109 Å². The molecule has 1 saturated heterocycles. The molecule has 2 heteroatoms. The molecule has 0 bridgehead atoms. The van der Waals surface area contributed by atoms with Crippen molar-refractivity contribution in [1.82, 2.24) is 4.90 Å². The number of fused-ring (bicyclic) bond motifs is 4. The molecule has 0 aromatic heterocycles. The van der Waals surface area contributed by atoms with Gasteiger partial charge in [-0.1, -0.05) is 37.1 Å². The van der Waals surface area contributed by atoms with E-state index in [-0.39, 0.29) is 0 Å². The van der Waals surface area contributed by atoms with Gasteiger partial charge in [0, 0.05) is 19.0 Å². The minimum Gasteiger partial charge on any atom is -0.379 e. The molecule has 2 atom stereocenters. The number of morpholine rings is 1. The highest BCUT2D eigenvalue weighted by Crippen LogP contribution is 2.60. The first-order valence-electron chi connectivity index (χ1n) is 7.35. The van der Waals surface area contributed by atoms with E-state index < -0.39 is 0 Å². The second kappa shape index (κ2) is 4.07. The number of rotatable bonds is 1. The summed E-state index contributed by atoms with van der Waals surface area (Å²) >= 11 is 0. The maximum atomic E-state index is 5.54. The summed E-state index contributed by atoms with van der Waals surface area (Å²) in [5.74, 6) is 0.792. The highest BCUT2D eigenvalue weighted by molar-refractivity contribution is 5.50. The fourth-order valence-electron chi connectivity index (χ4n) is 4.52. The predicted molar refractivity (Wildman–Crippen MR) is 71.7 cm³/mol. The molecule has 3 aliphatic rings. The summed E-state index contributed by atoms with van der Waals surface area (Å²) in [6, 6.07) is 9.14. The molecule has 96 valence electrons. The van der Waals surface area contributed by atoms with Gasteiger partial charge in [0.25, 0.3) is 0 Å². The summed E-state index contributed by atoms with van der Waals surface area (Å²) in [5.41, 5.74) is 3.62. The molecule has 0 spiro atoms. The van der Waals surface area contributed by atoms with E-state index in [1.807, 2.05) is 0 Å². The Kier molecular flexibility index (Phi) is 2.49. The highest BCUT2D eigenvalue weighted by Gasteiger charge is 2.55. The van der Waals surface area contributed by atoms with E-state index in [0.717, 1.165) is 32.2 Å². The van der Waals surface area contributed by atoms with Crippen LogP contribution in [0.4, 0.5) is 0 Å². The second-order valence-corrected chi connectivity index (χ2v) is 5.91. The van der Waals surface area contributed by atoms with Crippen LogP contribution in [0.25, 0.3) is 0 Å². The van der Waals surface area contributed by atoms with E-state index in [4.69, 9.17) is 4.74 Å². The van der Waals surface area contributed by atoms with Gasteiger partial charge in [0.15, 0.2) is 0 Å². The number of nitrogens with zero attached hydrogens (tertiary/aromatic N) is 1. The number of hydrogen-bond acceptors (Lipinski definition) is 2. The Balaban J connectivity index is 1.76. The van der Waals surface area contributed by atoms with Crippen molar-refractivity contribution in [3.63, 3.8) is 0 Å². The van der Waals surface area contributed by atoms with Crippen LogP contribution in [0.15, 0.2) is 24.3 Å². The topological polar surface area (TPSA) is 12.5 Å². The van der Waals surface area contributed by atoms with Gasteiger partial charge in [-0.2, -0.15) is 0 Å². The van der Waals surface area contributed by atoms with Gasteiger partial charge in [-0.3, -0.25) is 4.90 Å². The summed E-state index contributed by atoms with van der Waals surface area (Å²) < 4.78 is 5.54. The summed E-state index contributed by atoms with van der Waals surface area (Å²) in [7, 11) is 0. The SMILES string of the molecule is c1ccc2c(c1)C1CCCCC21N1CCOCC1. The lowest BCUT2D eigenvalue weighted by Crippen LogP contribution is -2.60. The Hall–Kier alpha value is -0.860. The van der Waals surface area contributed by atoms with Crippen molar-refractivity contribution in [3.05, 3.63) is 35.4 Å². The maximum absolute atomic E-state index is 5.54. The van der Waals surface area contributed by atoms with Crippen molar-refractivity contribution in [2.24, 2.45) is 0 Å². The van der Waals surface area contributed by atoms with Crippen molar-refractivity contribution in [1.29, 1.82) is 0 Å². The van der Waals surface area contributed by atoms with Gasteiger partial charge >= 0.3 is 0 Å². The molecule has 2 fully saturated rings. The van der Waals surface area contributed by atoms with Crippen molar-refractivity contribution in [2.45, 2.75) is 37.1 Å². The molecule has 2 nitrogen and oxygen atoms in total. The standard InChI is InChI=1S/C16H21NO/c1-2-6-14-13(5-1)15-7-3-4-8-16(14,15)17-9-11-18-12-10-17/h1-2,5-6,15H,3-4,7-12H2. The van der Waals surface area contributed by atoms with Crippen molar-refractivity contribution in [2.75, 3.05) is 26.3 Å². The molecular weight excluding hydrogens is 222 g/mol. The third kappa shape index (κ3) is 1.31. The Morgan fingerprint density at radius 2 is 1.94 bits per heavy atom. The molecule has 18 heavy (non-hydrogen) atoms. The molecule has 1 saturated carbocycles. The third-order valence-corrected chi connectivity index (χ3v) is 5.26. The second-order valence-electron chi connectivity index (χ2n) is 5.91. The Morgan fingerprint density at radius 1 is 1.11 bits per heavy atom. The zero-order valence-corrected chi connectivity index (χ0v) is 10.9. The van der Waals surface area contributed by atoms with Gasteiger partial charge in [0.2, 0.25) is 0 Å². The zero-order chi connectivity index (χ0) is 12.0. The van der Waals surface area contributed by atoms with E-state index in [1.165, 1.54) is 25.7 Å². The average Bonchev–Trinajstić information content (AvgIpc) is 2.45. The average molecular weight is 243 g/mol. The van der Waals surface area contributed by atoms with Crippen LogP contribution in [-0.4, -0.2) is 31.2 Å². The summed E-state index contributed by atoms with van der Waals surface area (Å²) in [5, 5.41) is 0. The lowest BCUT2D eigenvalue weighted by atomic mass is 9.55. The lowest BCUT2D eigenvalue weighted by molar-refractivity contribution is -0.0650. The van der Waals surface area contributed by atoms with E-state index in [0.29, 0.717) is 5.54 Å². The lowest BCUT2D eigenvalue weighted by Gasteiger charge is -2.60. The van der Waals surface area contributed by atoms with Gasteiger partial charge in [-0.25, -0.2) is 0 Å². The molecule has 4 rings (SSSR count). The van der Waals surface area contributed by atoms with Crippen LogP contribution in [0.3, 0.4) is 0 Å². The van der Waals surface area contributed by atoms with Gasteiger partial charge in [0.05, 0.1) is 18.8 Å². The summed E-state index contributed by atoms with van der Waals surface area (Å²) in [6.07, 6.45) is 5.54. The molecule has 0 amide bonds. The molecule has 0 N–H and O–H groups in total. The minimum absolute atomic E-state index is 0.374. The minimum atomic E-state index is 0.374. The van der Waals surface area contributed by atoms with Crippen molar-refractivity contribution < 1.29 is 4.74 Å². The van der Waals surface area contributed by atoms with E-state index >= 15 is 0 Å². The Morgan fingerprint density at radius 3 is 2.83 bits per heavy atom. The smallest absolute Gasteiger partial charge is 0.0594 e. The van der Waals surface area contributed by atoms with E-state index in [2.05, 4.69) is 29.2 Å². The monoisotopic (exact) mass is 243 g/mol. The molecule has 0 radical (unpaired) electrons. The number of hydrogen-bond donors (Lipinski definition) is 0. The highest BCUT2D eigenvalue weighted by atomic mass is 16.5. The molecule has 1 aromatic carbocycles. The zero-order valence-electron chi connectivity index (χ0n) is 10.9. The van der Waals surface area contributed by atoms with Gasteiger partial charge < -0.3 is 4.74 Å². The molecular formula is C16H21NO. The maximum Gasteiger partial charge on any atom is 0.0594 e. The number of ether oxygens (including phenoxy) is 1. The van der Waals surface area contributed by atoms with Crippen LogP contribution >= 0.6 is 0 Å². The van der Waals surface area contributed by atoms with Gasteiger partial charge in [-0.05, 0) is 24.0 Å². The largest absolute Gasteiger partial charge is 0.379 e. The first kappa shape index (κ1) is 11.0. The van der Waals surface area contributed by atoms with Crippen LogP contribution in [0.2, 0.25) is 0 Å². The third-order valence-electron chi connectivity index (χ3n) is 5.26. The van der Waals surface area contributed by atoms with Crippen LogP contribution < -0.4 is 0 Å². The van der Waals surface area contributed by atoms with Crippen LogP contribution in [-0.2, 0) is 10.3 Å². The number of benzene rings is 1. The molecule has 2 unspecified atom stereocenters. The Bertz CT molecular complexity index is 452. The van der Waals surface area contributed by atoms with E-state index in [1.54, 1.807) is 11.1 Å². The van der Waals surface area contributed by atoms with Crippen LogP contribution in [0.5, 0.6) is 0 Å². The van der Waals surface area contributed by atoms with Gasteiger partial charge in [-0.15, -0.1) is 0 Å². The molecule has 1 aromatic rings. The predicted octanol–water partition coefficient (Wildman–Crippen LogP) is 2.89. The molecule has 1 aliphatic heterocycles. The summed E-state index contributed by atoms with van der Waals surface area (Å²) in [6.45, 7) is 4.06. The first-order chi connectivity index (χ1) is 8.93. The first-order valence-corrected chi connectivity index (χ1v) is 7.35. The van der Waals surface area contributed by atoms with E-state index in [9.17, 15) is 0 Å². The summed E-state index contributed by atoms with van der Waals surface area (Å²) in [4.78, 5) is 2.72. The quantitative estimate of drug-likeness (QED) is 0.752. The fraction of sp³-hybridized carbons (Fsp3) is 0.625. The molecule has 1 heterocycles.